The zero-order chi connectivity index (χ0) is 12.0. The first-order valence-corrected chi connectivity index (χ1v) is 6.61. The summed E-state index contributed by atoms with van der Waals surface area (Å²) in [6, 6.07) is 0. The Balaban J connectivity index is 2.52. The Morgan fingerprint density at radius 2 is 1.88 bits per heavy atom. The van der Waals surface area contributed by atoms with Crippen LogP contribution in [0, 0.1) is 11.8 Å². The third-order valence-corrected chi connectivity index (χ3v) is 3.79. The van der Waals surface area contributed by atoms with Crippen LogP contribution in [-0.4, -0.2) is 13.6 Å². The number of hydrogen-bond donors (Lipinski definition) is 1. The molecule has 0 spiro atoms. The molecule has 0 saturated heterocycles. The number of hydrogen-bond acceptors (Lipinski definition) is 1. The van der Waals surface area contributed by atoms with E-state index >= 15 is 0 Å². The van der Waals surface area contributed by atoms with Crippen molar-refractivity contribution in [2.75, 3.05) is 13.6 Å². The lowest BCUT2D eigenvalue weighted by Gasteiger charge is -2.31. The molecule has 1 heteroatoms. The second-order valence-corrected chi connectivity index (χ2v) is 5.34. The molecule has 1 aliphatic carbocycles. The number of rotatable bonds is 6. The average Bonchev–Trinajstić information content (AvgIpc) is 2.27. The summed E-state index contributed by atoms with van der Waals surface area (Å²) in [4.78, 5) is 0. The van der Waals surface area contributed by atoms with Crippen LogP contribution in [-0.2, 0) is 0 Å². The van der Waals surface area contributed by atoms with Crippen molar-refractivity contribution in [3.8, 4) is 0 Å². The fraction of sp³-hybridized carbons (Fsp3) is 0.733. The Morgan fingerprint density at radius 1 is 1.25 bits per heavy atom. The summed E-state index contributed by atoms with van der Waals surface area (Å²) in [5.41, 5.74) is 2.67. The molecule has 1 unspecified atom stereocenters. The molecule has 0 aromatic rings. The average molecular weight is 221 g/mol. The van der Waals surface area contributed by atoms with Gasteiger partial charge in [-0.25, -0.2) is 0 Å². The van der Waals surface area contributed by atoms with Crippen molar-refractivity contribution in [2.45, 2.75) is 45.4 Å². The van der Waals surface area contributed by atoms with Gasteiger partial charge in [-0.3, -0.25) is 0 Å². The first kappa shape index (κ1) is 13.5. The molecule has 0 aromatic carbocycles. The van der Waals surface area contributed by atoms with E-state index in [2.05, 4.69) is 25.4 Å². The van der Waals surface area contributed by atoms with Crippen LogP contribution in [0.15, 0.2) is 24.3 Å². The van der Waals surface area contributed by atoms with E-state index in [0.29, 0.717) is 5.92 Å². The van der Waals surface area contributed by atoms with Gasteiger partial charge in [-0.2, -0.15) is 0 Å². The molecular formula is C15H27N. The predicted molar refractivity (Wildman–Crippen MR) is 72.6 cm³/mol. The largest absolute Gasteiger partial charge is 0.316 e. The number of nitrogens with one attached hydrogen (secondary N) is 1. The molecule has 0 amide bonds. The maximum atomic E-state index is 4.18. The predicted octanol–water partition coefficient (Wildman–Crippen LogP) is 3.92. The maximum absolute atomic E-state index is 4.18. The van der Waals surface area contributed by atoms with E-state index < -0.39 is 0 Å². The second-order valence-electron chi connectivity index (χ2n) is 5.34. The van der Waals surface area contributed by atoms with Gasteiger partial charge in [-0.05, 0) is 45.1 Å². The highest BCUT2D eigenvalue weighted by atomic mass is 14.8. The molecule has 1 atom stereocenters. The minimum Gasteiger partial charge on any atom is -0.316 e. The van der Waals surface area contributed by atoms with Gasteiger partial charge in [0, 0.05) is 6.54 Å². The summed E-state index contributed by atoms with van der Waals surface area (Å²) < 4.78 is 0. The topological polar surface area (TPSA) is 12.0 Å². The molecule has 0 bridgehead atoms. The fourth-order valence-corrected chi connectivity index (χ4v) is 2.91. The zero-order valence-electron chi connectivity index (χ0n) is 11.0. The van der Waals surface area contributed by atoms with Crippen LogP contribution in [0.3, 0.4) is 0 Å². The molecule has 1 aliphatic rings. The highest BCUT2D eigenvalue weighted by Crippen LogP contribution is 2.36. The molecular weight excluding hydrogens is 194 g/mol. The summed E-state index contributed by atoms with van der Waals surface area (Å²) in [5, 5.41) is 3.19. The normalized spacial score (nSPS) is 19.4. The molecule has 1 nitrogen and oxygen atoms in total. The Kier molecular flexibility index (Phi) is 5.83. The Hall–Kier alpha value is -0.560. The molecule has 0 heterocycles. The molecule has 1 fully saturated rings. The SMILES string of the molecule is C=C(CNC)CC(C(=C)C)C1CCCCC1. The maximum Gasteiger partial charge on any atom is 0.0159 e. The van der Waals surface area contributed by atoms with Crippen LogP contribution < -0.4 is 5.32 Å². The summed E-state index contributed by atoms with van der Waals surface area (Å²) in [6.45, 7) is 11.5. The van der Waals surface area contributed by atoms with E-state index in [1.165, 1.54) is 43.3 Å². The molecule has 1 saturated carbocycles. The Morgan fingerprint density at radius 3 is 2.38 bits per heavy atom. The quantitative estimate of drug-likeness (QED) is 0.670. The van der Waals surface area contributed by atoms with Crippen molar-refractivity contribution in [3.05, 3.63) is 24.3 Å². The third-order valence-electron chi connectivity index (χ3n) is 3.79. The van der Waals surface area contributed by atoms with Gasteiger partial charge in [0.2, 0.25) is 0 Å². The smallest absolute Gasteiger partial charge is 0.0159 e. The molecule has 1 rings (SSSR count). The lowest BCUT2D eigenvalue weighted by atomic mass is 9.75. The van der Waals surface area contributed by atoms with Gasteiger partial charge in [0.1, 0.15) is 0 Å². The highest BCUT2D eigenvalue weighted by molar-refractivity contribution is 5.08. The molecule has 16 heavy (non-hydrogen) atoms. The molecule has 1 N–H and O–H groups in total. The first-order valence-electron chi connectivity index (χ1n) is 6.61. The minimum atomic E-state index is 0.668. The zero-order valence-corrected chi connectivity index (χ0v) is 11.0. The van der Waals surface area contributed by atoms with Crippen LogP contribution in [0.2, 0.25) is 0 Å². The van der Waals surface area contributed by atoms with Gasteiger partial charge in [0.15, 0.2) is 0 Å². The van der Waals surface area contributed by atoms with Gasteiger partial charge < -0.3 is 5.32 Å². The Bertz CT molecular complexity index is 234. The fourth-order valence-electron chi connectivity index (χ4n) is 2.91. The molecule has 0 aromatic heterocycles. The van der Waals surface area contributed by atoms with Gasteiger partial charge in [0.05, 0.1) is 0 Å². The van der Waals surface area contributed by atoms with Gasteiger partial charge >= 0.3 is 0 Å². The van der Waals surface area contributed by atoms with Crippen LogP contribution in [0.5, 0.6) is 0 Å². The number of allylic oxidation sites excluding steroid dienone is 1. The molecule has 0 aliphatic heterocycles. The Labute approximate surface area is 101 Å². The lowest BCUT2D eigenvalue weighted by molar-refractivity contribution is 0.274. The van der Waals surface area contributed by atoms with E-state index in [1.807, 2.05) is 7.05 Å². The summed E-state index contributed by atoms with van der Waals surface area (Å²) in [7, 11) is 1.99. The van der Waals surface area contributed by atoms with Gasteiger partial charge in [-0.15, -0.1) is 0 Å². The van der Waals surface area contributed by atoms with Crippen molar-refractivity contribution in [1.82, 2.24) is 5.32 Å². The van der Waals surface area contributed by atoms with E-state index in [1.54, 1.807) is 0 Å². The van der Waals surface area contributed by atoms with Crippen LogP contribution >= 0.6 is 0 Å². The summed E-state index contributed by atoms with van der Waals surface area (Å²) in [5.74, 6) is 1.53. The van der Waals surface area contributed by atoms with E-state index in [9.17, 15) is 0 Å². The van der Waals surface area contributed by atoms with E-state index in [-0.39, 0.29) is 0 Å². The monoisotopic (exact) mass is 221 g/mol. The summed E-state index contributed by atoms with van der Waals surface area (Å²) >= 11 is 0. The van der Waals surface area contributed by atoms with E-state index in [4.69, 9.17) is 0 Å². The third kappa shape index (κ3) is 4.13. The van der Waals surface area contributed by atoms with Crippen molar-refractivity contribution in [3.63, 3.8) is 0 Å². The first-order chi connectivity index (χ1) is 7.65. The number of likely N-dealkylation sites (N-methyl/N-ethyl adjacent to an activating group) is 1. The van der Waals surface area contributed by atoms with Gasteiger partial charge in [0.25, 0.3) is 0 Å². The van der Waals surface area contributed by atoms with Crippen molar-refractivity contribution in [2.24, 2.45) is 11.8 Å². The van der Waals surface area contributed by atoms with Crippen LogP contribution in [0.4, 0.5) is 0 Å². The van der Waals surface area contributed by atoms with Crippen LogP contribution in [0.25, 0.3) is 0 Å². The van der Waals surface area contributed by atoms with E-state index in [0.717, 1.165) is 18.9 Å². The molecule has 0 radical (unpaired) electrons. The van der Waals surface area contributed by atoms with Crippen molar-refractivity contribution < 1.29 is 0 Å². The minimum absolute atomic E-state index is 0.668. The molecule has 92 valence electrons. The highest BCUT2D eigenvalue weighted by Gasteiger charge is 2.24. The van der Waals surface area contributed by atoms with Gasteiger partial charge in [-0.1, -0.05) is 43.6 Å². The second kappa shape index (κ2) is 6.90. The van der Waals surface area contributed by atoms with Crippen LogP contribution in [0.1, 0.15) is 45.4 Å². The summed E-state index contributed by atoms with van der Waals surface area (Å²) in [6.07, 6.45) is 8.16. The van der Waals surface area contributed by atoms with Crippen molar-refractivity contribution >= 4 is 0 Å². The lowest BCUT2D eigenvalue weighted by Crippen LogP contribution is -2.21. The standard InChI is InChI=1S/C15H27N/c1-12(2)15(10-13(3)11-16-4)14-8-6-5-7-9-14/h14-16H,1,3,5-11H2,2,4H3. The van der Waals surface area contributed by atoms with Crippen molar-refractivity contribution in [1.29, 1.82) is 0 Å².